The molecule has 6 aromatic rings. The van der Waals surface area contributed by atoms with E-state index in [0.717, 1.165) is 0 Å². The van der Waals surface area contributed by atoms with Gasteiger partial charge in [0.15, 0.2) is 16.1 Å². The average Bonchev–Trinajstić information content (AvgIpc) is 3.51. The summed E-state index contributed by atoms with van der Waals surface area (Å²) in [6.07, 6.45) is 0. The number of hydrogen-bond acceptors (Lipinski definition) is 0. The molecule has 68 heavy (non-hydrogen) atoms. The average molecular weight is 928 g/mol. The molecule has 2 aliphatic carbocycles. The van der Waals surface area contributed by atoms with Gasteiger partial charge in [0.2, 0.25) is 0 Å². The van der Waals surface area contributed by atoms with Crippen molar-refractivity contribution in [3.63, 3.8) is 0 Å². The third kappa shape index (κ3) is 7.34. The summed E-state index contributed by atoms with van der Waals surface area (Å²) in [5.41, 5.74) is 24.3. The molecular weight excluding hydrogens is 849 g/mol. The van der Waals surface area contributed by atoms with Crippen molar-refractivity contribution in [3.8, 4) is 0 Å². The molecule has 350 valence electrons. The van der Waals surface area contributed by atoms with Gasteiger partial charge in [0.25, 0.3) is 0 Å². The highest BCUT2D eigenvalue weighted by atomic mass is 28.3. The van der Waals surface area contributed by atoms with Crippen molar-refractivity contribution in [3.05, 3.63) is 220 Å². The minimum absolute atomic E-state index is 0.327. The minimum atomic E-state index is -3.03. The number of allylic oxidation sites excluding steroid dienone is 8. The second-order valence-corrected chi connectivity index (χ2v) is 30.0. The van der Waals surface area contributed by atoms with E-state index in [-0.39, 0.29) is 10.8 Å². The van der Waals surface area contributed by atoms with Crippen LogP contribution in [0.15, 0.2) is 153 Å². The molecule has 0 saturated heterocycles. The van der Waals surface area contributed by atoms with Gasteiger partial charge in [-0.2, -0.15) is 0 Å². The topological polar surface area (TPSA) is 0 Å². The zero-order valence-electron chi connectivity index (χ0n) is 45.4. The molecule has 8 rings (SSSR count). The molecule has 0 amide bonds. The van der Waals surface area contributed by atoms with Gasteiger partial charge >= 0.3 is 0 Å². The van der Waals surface area contributed by atoms with Gasteiger partial charge in [0, 0.05) is 10.8 Å². The first-order valence-corrected chi connectivity index (χ1v) is 29.1. The summed E-state index contributed by atoms with van der Waals surface area (Å²) in [6, 6.07) is 44.9. The van der Waals surface area contributed by atoms with E-state index >= 15 is 0 Å². The Hall–Kier alpha value is -5.29. The van der Waals surface area contributed by atoms with E-state index in [0.29, 0.717) is 0 Å². The Morgan fingerprint density at radius 2 is 0.368 bits per heavy atom. The molecule has 2 unspecified atom stereocenters. The summed E-state index contributed by atoms with van der Waals surface area (Å²) in [5.74, 6) is 0. The van der Waals surface area contributed by atoms with Crippen molar-refractivity contribution in [1.82, 2.24) is 0 Å². The normalized spacial score (nSPS) is 19.1. The molecule has 2 atom stereocenters. The molecule has 0 aromatic heterocycles. The fourth-order valence-corrected chi connectivity index (χ4v) is 26.6. The van der Waals surface area contributed by atoms with Crippen LogP contribution in [-0.4, -0.2) is 16.1 Å². The van der Waals surface area contributed by atoms with E-state index in [1.807, 2.05) is 0 Å². The highest BCUT2D eigenvalue weighted by molar-refractivity contribution is 7.17. The van der Waals surface area contributed by atoms with E-state index in [2.05, 4.69) is 248 Å². The molecule has 2 aliphatic rings. The minimum Gasteiger partial charge on any atom is -0.0615 e. The van der Waals surface area contributed by atoms with Crippen LogP contribution in [0, 0.1) is 93.9 Å². The SMILES string of the molecule is CC1=C(C)C(C)(C2(C)C(C)=C(C)C([Si](c3cc(C)cc(C)c3)(c3cc(C)cc(C)c3)c3cc(C)cc(C)c3)=C2C)C(C)=C1[Si](c1cc(C)cc(C)c1)(c1cc(C)cc(C)c1)c1cc(C)cc(C)c1. The van der Waals surface area contributed by atoms with E-state index < -0.39 is 16.1 Å². The third-order valence-corrected chi connectivity index (χ3v) is 27.2. The van der Waals surface area contributed by atoms with Crippen molar-refractivity contribution in [1.29, 1.82) is 0 Å². The predicted molar refractivity (Wildman–Crippen MR) is 303 cm³/mol. The van der Waals surface area contributed by atoms with Crippen molar-refractivity contribution >= 4 is 47.3 Å². The van der Waals surface area contributed by atoms with Gasteiger partial charge in [-0.1, -0.05) is 223 Å². The van der Waals surface area contributed by atoms with Gasteiger partial charge in [0.05, 0.1) is 0 Å². The maximum absolute atomic E-state index is 3.03. The molecule has 0 bridgehead atoms. The Labute approximate surface area is 414 Å². The Balaban J connectivity index is 1.57. The summed E-state index contributed by atoms with van der Waals surface area (Å²) in [7, 11) is -6.06. The smallest absolute Gasteiger partial charge is 0.0615 e. The molecule has 0 radical (unpaired) electrons. The maximum Gasteiger partial charge on any atom is 0.179 e. The second-order valence-electron chi connectivity index (χ2n) is 22.5. The highest BCUT2D eigenvalue weighted by Crippen LogP contribution is 2.67. The fraction of sp³-hybridized carbons (Fsp3) is 0.333. The first kappa shape index (κ1) is 49.1. The van der Waals surface area contributed by atoms with Crippen LogP contribution in [0.2, 0.25) is 0 Å². The van der Waals surface area contributed by atoms with Gasteiger partial charge in [0.1, 0.15) is 0 Å². The van der Waals surface area contributed by atoms with Crippen LogP contribution in [0.4, 0.5) is 0 Å². The molecule has 0 heterocycles. The highest BCUT2D eigenvalue weighted by Gasteiger charge is 2.61. The van der Waals surface area contributed by atoms with Crippen LogP contribution >= 0.6 is 0 Å². The largest absolute Gasteiger partial charge is 0.179 e. The summed E-state index contributed by atoms with van der Waals surface area (Å²) >= 11 is 0. The van der Waals surface area contributed by atoms with Crippen LogP contribution < -0.4 is 31.1 Å². The standard InChI is InChI=1S/C66H78Si2/c1-39-21-40(2)28-57(27-39)67(58-29-41(3)22-42(4)30-58,59-31-43(5)23-44(6)32-59)63-51(13)53(15)65(19,55(63)17)66(20)54(16)52(14)64(56(66)18)68(60-33-45(7)24-46(8)34-60,61-35-47(9)25-48(10)36-61)62-37-49(11)26-50(12)38-62/h21-38H,1-20H3. The number of hydrogen-bond donors (Lipinski definition) is 0. The molecule has 0 spiro atoms. The Morgan fingerprint density at radius 3 is 0.515 bits per heavy atom. The second kappa shape index (κ2) is 17.3. The van der Waals surface area contributed by atoms with Crippen molar-refractivity contribution in [2.45, 2.75) is 138 Å². The summed E-state index contributed by atoms with van der Waals surface area (Å²) in [4.78, 5) is 0. The quantitative estimate of drug-likeness (QED) is 0.100. The lowest BCUT2D eigenvalue weighted by molar-refractivity contribution is 0.249. The van der Waals surface area contributed by atoms with E-state index in [1.165, 1.54) is 131 Å². The molecule has 0 aliphatic heterocycles. The van der Waals surface area contributed by atoms with Crippen LogP contribution in [0.1, 0.15) is 122 Å². The Morgan fingerprint density at radius 1 is 0.221 bits per heavy atom. The predicted octanol–water partition coefficient (Wildman–Crippen LogP) is 13.5. The number of rotatable bonds is 9. The van der Waals surface area contributed by atoms with Gasteiger partial charge < -0.3 is 0 Å². The van der Waals surface area contributed by atoms with Gasteiger partial charge in [-0.05, 0) is 166 Å². The lowest BCUT2D eigenvalue weighted by atomic mass is 9.55. The van der Waals surface area contributed by atoms with Crippen LogP contribution in [0.5, 0.6) is 0 Å². The Bertz CT molecular complexity index is 2640. The number of benzene rings is 6. The lowest BCUT2D eigenvalue weighted by Gasteiger charge is -2.49. The zero-order valence-corrected chi connectivity index (χ0v) is 47.4. The lowest BCUT2D eigenvalue weighted by Crippen LogP contribution is -2.69. The van der Waals surface area contributed by atoms with Crippen molar-refractivity contribution < 1.29 is 0 Å². The third-order valence-electron chi connectivity index (χ3n) is 17.3. The molecular formula is C66H78Si2. The van der Waals surface area contributed by atoms with E-state index in [9.17, 15) is 0 Å². The molecule has 0 fully saturated rings. The van der Waals surface area contributed by atoms with Gasteiger partial charge in [-0.15, -0.1) is 0 Å². The maximum atomic E-state index is 2.65. The van der Waals surface area contributed by atoms with Crippen LogP contribution in [0.3, 0.4) is 0 Å². The molecule has 6 aromatic carbocycles. The van der Waals surface area contributed by atoms with E-state index in [4.69, 9.17) is 0 Å². The molecule has 0 saturated carbocycles. The summed E-state index contributed by atoms with van der Waals surface area (Å²) in [6.45, 7) is 48.1. The van der Waals surface area contributed by atoms with Crippen LogP contribution in [0.25, 0.3) is 0 Å². The number of aryl methyl sites for hydroxylation is 12. The zero-order chi connectivity index (χ0) is 49.7. The first-order chi connectivity index (χ1) is 31.8. The fourth-order valence-electron chi connectivity index (χ4n) is 14.4. The van der Waals surface area contributed by atoms with Gasteiger partial charge in [-0.25, -0.2) is 0 Å². The molecule has 0 N–H and O–H groups in total. The summed E-state index contributed by atoms with van der Waals surface area (Å²) in [5, 5.41) is 12.1. The molecule has 2 heteroatoms. The van der Waals surface area contributed by atoms with E-state index in [1.54, 1.807) is 10.4 Å². The summed E-state index contributed by atoms with van der Waals surface area (Å²) < 4.78 is 0. The molecule has 0 nitrogen and oxygen atoms in total. The van der Waals surface area contributed by atoms with Gasteiger partial charge in [-0.3, -0.25) is 0 Å². The van der Waals surface area contributed by atoms with Crippen LogP contribution in [-0.2, 0) is 0 Å². The Kier molecular flexibility index (Phi) is 12.5. The first-order valence-electron chi connectivity index (χ1n) is 25.1. The monoisotopic (exact) mass is 927 g/mol. The van der Waals surface area contributed by atoms with Crippen molar-refractivity contribution in [2.24, 2.45) is 10.8 Å². The van der Waals surface area contributed by atoms with Crippen molar-refractivity contribution in [2.75, 3.05) is 0 Å².